The molecule has 5 rings (SSSR count). The number of piperidine rings is 1. The molecule has 1 saturated heterocycles. The number of hydrogen-bond donors (Lipinski definition) is 0. The van der Waals surface area contributed by atoms with Crippen molar-refractivity contribution in [1.29, 1.82) is 0 Å². The lowest BCUT2D eigenvalue weighted by atomic mass is 9.84. The van der Waals surface area contributed by atoms with Gasteiger partial charge in [-0.05, 0) is 66.8 Å². The molecule has 0 N–H and O–H groups in total. The van der Waals surface area contributed by atoms with Gasteiger partial charge in [-0.1, -0.05) is 36.8 Å². The molecule has 4 heteroatoms. The number of hydrogen-bond acceptors (Lipinski definition) is 3. The number of likely N-dealkylation sites (tertiary alicyclic amines) is 1. The van der Waals surface area contributed by atoms with Crippen molar-refractivity contribution in [2.75, 3.05) is 13.1 Å². The molecule has 3 aromatic rings. The number of amides is 1. The van der Waals surface area contributed by atoms with E-state index in [9.17, 15) is 4.79 Å². The molecule has 0 spiro atoms. The molecule has 1 aliphatic carbocycles. The minimum absolute atomic E-state index is 0.179. The Morgan fingerprint density at radius 3 is 2.44 bits per heavy atom. The highest BCUT2D eigenvalue weighted by Crippen LogP contribution is 2.32. The van der Waals surface area contributed by atoms with Gasteiger partial charge in [0, 0.05) is 43.6 Å². The first-order valence-electron chi connectivity index (χ1n) is 11.8. The van der Waals surface area contributed by atoms with Crippen LogP contribution in [-0.2, 0) is 4.79 Å². The third kappa shape index (κ3) is 4.40. The number of carbonyl (C=O) groups is 1. The SMILES string of the molecule is Cc1cc(OC2CCN(C(=O)C3CCC3)CC2)ccc1-c1cccc(-c2ccccn2)c1. The molecular formula is C28H30N2O2. The van der Waals surface area contributed by atoms with Crippen LogP contribution in [0.5, 0.6) is 5.75 Å². The molecule has 0 radical (unpaired) electrons. The van der Waals surface area contributed by atoms with E-state index in [0.717, 1.165) is 55.8 Å². The van der Waals surface area contributed by atoms with Crippen molar-refractivity contribution >= 4 is 5.91 Å². The normalized spacial score (nSPS) is 17.1. The largest absolute Gasteiger partial charge is 0.490 e. The first-order valence-corrected chi connectivity index (χ1v) is 11.8. The number of aromatic nitrogens is 1. The van der Waals surface area contributed by atoms with Crippen molar-refractivity contribution in [3.8, 4) is 28.1 Å². The monoisotopic (exact) mass is 426 g/mol. The predicted octanol–water partition coefficient (Wildman–Crippen LogP) is 5.89. The predicted molar refractivity (Wildman–Crippen MR) is 127 cm³/mol. The Hall–Kier alpha value is -3.14. The number of benzene rings is 2. The number of aryl methyl sites for hydroxylation is 1. The van der Waals surface area contributed by atoms with E-state index >= 15 is 0 Å². The second kappa shape index (κ2) is 9.15. The highest BCUT2D eigenvalue weighted by Gasteiger charge is 2.32. The molecule has 0 atom stereocenters. The van der Waals surface area contributed by atoms with Crippen LogP contribution >= 0.6 is 0 Å². The lowest BCUT2D eigenvalue weighted by Crippen LogP contribution is -2.45. The van der Waals surface area contributed by atoms with Crippen molar-refractivity contribution in [3.05, 3.63) is 72.4 Å². The standard InChI is InChI=1S/C28H30N2O2/c1-20-18-25(32-24-13-16-30(17-14-24)28(31)21-6-4-7-21)11-12-26(20)22-8-5-9-23(19-22)27-10-2-3-15-29-27/h2-3,5,8-12,15,18-19,21,24H,4,6-7,13-14,16-17H2,1H3. The van der Waals surface area contributed by atoms with Gasteiger partial charge in [-0.15, -0.1) is 0 Å². The molecule has 0 bridgehead atoms. The summed E-state index contributed by atoms with van der Waals surface area (Å²) in [6.07, 6.45) is 7.18. The van der Waals surface area contributed by atoms with Crippen LogP contribution in [0.2, 0.25) is 0 Å². The van der Waals surface area contributed by atoms with Crippen LogP contribution in [0.1, 0.15) is 37.7 Å². The topological polar surface area (TPSA) is 42.4 Å². The van der Waals surface area contributed by atoms with Crippen LogP contribution in [0.3, 0.4) is 0 Å². The van der Waals surface area contributed by atoms with Gasteiger partial charge in [0.2, 0.25) is 5.91 Å². The number of pyridine rings is 1. The van der Waals surface area contributed by atoms with Crippen molar-refractivity contribution in [1.82, 2.24) is 9.88 Å². The Labute approximate surface area is 190 Å². The van der Waals surface area contributed by atoms with Gasteiger partial charge in [0.05, 0.1) is 5.69 Å². The lowest BCUT2D eigenvalue weighted by molar-refractivity contribution is -0.140. The summed E-state index contributed by atoms with van der Waals surface area (Å²) in [4.78, 5) is 19.0. The summed E-state index contributed by atoms with van der Waals surface area (Å²) < 4.78 is 6.30. The highest BCUT2D eigenvalue weighted by molar-refractivity contribution is 5.79. The maximum Gasteiger partial charge on any atom is 0.225 e. The summed E-state index contributed by atoms with van der Waals surface area (Å²) in [5.41, 5.74) is 5.68. The molecule has 1 amide bonds. The molecule has 2 aliphatic rings. The smallest absolute Gasteiger partial charge is 0.225 e. The van der Waals surface area contributed by atoms with Crippen molar-refractivity contribution in [2.24, 2.45) is 5.92 Å². The molecular weight excluding hydrogens is 396 g/mol. The summed E-state index contributed by atoms with van der Waals surface area (Å²) in [6, 6.07) is 20.9. The minimum Gasteiger partial charge on any atom is -0.490 e. The van der Waals surface area contributed by atoms with Gasteiger partial charge in [0.15, 0.2) is 0 Å². The molecule has 164 valence electrons. The average Bonchev–Trinajstić information content (AvgIpc) is 2.79. The molecule has 32 heavy (non-hydrogen) atoms. The fourth-order valence-corrected chi connectivity index (χ4v) is 4.71. The van der Waals surface area contributed by atoms with Gasteiger partial charge in [0.1, 0.15) is 11.9 Å². The summed E-state index contributed by atoms with van der Waals surface area (Å²) in [6.45, 7) is 3.77. The number of nitrogens with zero attached hydrogens (tertiary/aromatic N) is 2. The molecule has 0 unspecified atom stereocenters. The van der Waals surface area contributed by atoms with Crippen LogP contribution in [-0.4, -0.2) is 35.0 Å². The summed E-state index contributed by atoms with van der Waals surface area (Å²) in [7, 11) is 0. The maximum absolute atomic E-state index is 12.5. The van der Waals surface area contributed by atoms with E-state index in [-0.39, 0.29) is 6.10 Å². The molecule has 1 aliphatic heterocycles. The van der Waals surface area contributed by atoms with Crippen molar-refractivity contribution < 1.29 is 9.53 Å². The summed E-state index contributed by atoms with van der Waals surface area (Å²) >= 11 is 0. The zero-order chi connectivity index (χ0) is 21.9. The molecule has 1 saturated carbocycles. The number of ether oxygens (including phenoxy) is 1. The molecule has 1 aromatic heterocycles. The van der Waals surface area contributed by atoms with E-state index < -0.39 is 0 Å². The Morgan fingerprint density at radius 2 is 1.75 bits per heavy atom. The fourth-order valence-electron chi connectivity index (χ4n) is 4.71. The van der Waals surface area contributed by atoms with Crippen LogP contribution < -0.4 is 4.74 Å². The van der Waals surface area contributed by atoms with E-state index in [1.165, 1.54) is 23.1 Å². The van der Waals surface area contributed by atoms with Gasteiger partial charge < -0.3 is 9.64 Å². The highest BCUT2D eigenvalue weighted by atomic mass is 16.5. The quantitative estimate of drug-likeness (QED) is 0.511. The van der Waals surface area contributed by atoms with E-state index in [2.05, 4.69) is 54.4 Å². The molecule has 2 fully saturated rings. The first kappa shape index (κ1) is 20.7. The van der Waals surface area contributed by atoms with E-state index in [0.29, 0.717) is 11.8 Å². The van der Waals surface area contributed by atoms with E-state index in [1.54, 1.807) is 0 Å². The third-order valence-electron chi connectivity index (χ3n) is 6.84. The fraction of sp³-hybridized carbons (Fsp3) is 0.357. The minimum atomic E-state index is 0.179. The molecule has 4 nitrogen and oxygen atoms in total. The Balaban J connectivity index is 1.24. The zero-order valence-corrected chi connectivity index (χ0v) is 18.7. The summed E-state index contributed by atoms with van der Waals surface area (Å²) in [5, 5.41) is 0. The van der Waals surface area contributed by atoms with Crippen LogP contribution in [0.25, 0.3) is 22.4 Å². The Morgan fingerprint density at radius 1 is 0.938 bits per heavy atom. The molecule has 2 aromatic carbocycles. The second-order valence-electron chi connectivity index (χ2n) is 9.04. The van der Waals surface area contributed by atoms with Crippen LogP contribution in [0.15, 0.2) is 66.9 Å². The Bertz CT molecular complexity index is 1080. The van der Waals surface area contributed by atoms with Crippen molar-refractivity contribution in [2.45, 2.75) is 45.1 Å². The lowest BCUT2D eigenvalue weighted by Gasteiger charge is -2.36. The first-order chi connectivity index (χ1) is 15.7. The number of carbonyl (C=O) groups excluding carboxylic acids is 1. The van der Waals surface area contributed by atoms with Crippen LogP contribution in [0, 0.1) is 12.8 Å². The zero-order valence-electron chi connectivity index (χ0n) is 18.7. The average molecular weight is 427 g/mol. The second-order valence-corrected chi connectivity index (χ2v) is 9.04. The summed E-state index contributed by atoms with van der Waals surface area (Å²) in [5.74, 6) is 1.57. The maximum atomic E-state index is 12.5. The van der Waals surface area contributed by atoms with Crippen molar-refractivity contribution in [3.63, 3.8) is 0 Å². The van der Waals surface area contributed by atoms with Gasteiger partial charge in [-0.25, -0.2) is 0 Å². The number of rotatable bonds is 5. The van der Waals surface area contributed by atoms with Gasteiger partial charge >= 0.3 is 0 Å². The van der Waals surface area contributed by atoms with Gasteiger partial charge in [-0.3, -0.25) is 9.78 Å². The molecule has 2 heterocycles. The van der Waals surface area contributed by atoms with E-state index in [1.807, 2.05) is 29.3 Å². The third-order valence-corrected chi connectivity index (χ3v) is 6.84. The van der Waals surface area contributed by atoms with Crippen LogP contribution in [0.4, 0.5) is 0 Å². The van der Waals surface area contributed by atoms with Gasteiger partial charge in [0.25, 0.3) is 0 Å². The van der Waals surface area contributed by atoms with E-state index in [4.69, 9.17) is 4.74 Å². The Kier molecular flexibility index (Phi) is 5.93. The van der Waals surface area contributed by atoms with Gasteiger partial charge in [-0.2, -0.15) is 0 Å².